The van der Waals surface area contributed by atoms with Crippen LogP contribution in [-0.4, -0.2) is 100 Å². The molecule has 4 N–H and O–H groups in total. The number of hydrogen-bond acceptors (Lipinski definition) is 6. The smallest absolute Gasteiger partial charge is 0.234 e. The van der Waals surface area contributed by atoms with Gasteiger partial charge in [-0.1, -0.05) is 0 Å². The van der Waals surface area contributed by atoms with Gasteiger partial charge in [-0.05, 0) is 6.92 Å². The fraction of sp³-hybridized carbons (Fsp3) is 0.733. The lowest BCUT2D eigenvalue weighted by Crippen LogP contribution is -2.48. The summed E-state index contributed by atoms with van der Waals surface area (Å²) in [7, 11) is 4.57. The molecule has 0 aromatic heterocycles. The lowest BCUT2D eigenvalue weighted by molar-refractivity contribution is -0.127. The van der Waals surface area contributed by atoms with Crippen LogP contribution in [0.15, 0.2) is 0 Å². The van der Waals surface area contributed by atoms with Gasteiger partial charge in [0, 0.05) is 40.8 Å². The number of carbonyl (C=O) groups is 4. The molecule has 0 aromatic rings. The summed E-state index contributed by atoms with van der Waals surface area (Å²) in [5.74, 6) is -0.833. The van der Waals surface area contributed by atoms with Crippen LogP contribution in [0.25, 0.3) is 0 Å². The van der Waals surface area contributed by atoms with E-state index in [-0.39, 0.29) is 49.8 Å². The summed E-state index contributed by atoms with van der Waals surface area (Å²) in [6.45, 7) is 3.27. The SMILES string of the molecule is CCNC(=O)CN(CCN(CC(=O)NC)CC(=O)NC)CC(=O)NC. The van der Waals surface area contributed by atoms with Crippen LogP contribution >= 0.6 is 0 Å². The van der Waals surface area contributed by atoms with Crippen molar-refractivity contribution in [2.75, 3.05) is 67.0 Å². The lowest BCUT2D eigenvalue weighted by Gasteiger charge is -2.26. The molecule has 25 heavy (non-hydrogen) atoms. The molecule has 0 aromatic carbocycles. The highest BCUT2D eigenvalue weighted by Gasteiger charge is 2.18. The Balaban J connectivity index is 4.82. The molecular weight excluding hydrogens is 328 g/mol. The maximum absolute atomic E-state index is 11.8. The topological polar surface area (TPSA) is 123 Å². The second-order valence-corrected chi connectivity index (χ2v) is 5.39. The monoisotopic (exact) mass is 358 g/mol. The van der Waals surface area contributed by atoms with E-state index in [0.717, 1.165) is 0 Å². The molecule has 0 saturated heterocycles. The van der Waals surface area contributed by atoms with Crippen LogP contribution in [0.5, 0.6) is 0 Å². The van der Waals surface area contributed by atoms with Gasteiger partial charge < -0.3 is 21.3 Å². The summed E-state index contributed by atoms with van der Waals surface area (Å²) < 4.78 is 0. The summed E-state index contributed by atoms with van der Waals surface area (Å²) in [5.41, 5.74) is 0. The first-order valence-electron chi connectivity index (χ1n) is 8.19. The maximum Gasteiger partial charge on any atom is 0.234 e. The molecule has 0 aliphatic carbocycles. The molecule has 144 valence electrons. The van der Waals surface area contributed by atoms with E-state index in [1.54, 1.807) is 9.80 Å². The van der Waals surface area contributed by atoms with Gasteiger partial charge in [-0.25, -0.2) is 0 Å². The highest BCUT2D eigenvalue weighted by Crippen LogP contribution is 1.94. The van der Waals surface area contributed by atoms with E-state index in [1.807, 2.05) is 6.92 Å². The number of hydrogen-bond donors (Lipinski definition) is 4. The van der Waals surface area contributed by atoms with Crippen LogP contribution < -0.4 is 21.3 Å². The number of carbonyl (C=O) groups excluding carboxylic acids is 4. The summed E-state index contributed by atoms with van der Waals surface area (Å²) in [6.07, 6.45) is 0. The van der Waals surface area contributed by atoms with Crippen LogP contribution in [-0.2, 0) is 19.2 Å². The fourth-order valence-corrected chi connectivity index (χ4v) is 2.01. The average molecular weight is 358 g/mol. The fourth-order valence-electron chi connectivity index (χ4n) is 2.01. The van der Waals surface area contributed by atoms with Crippen molar-refractivity contribution in [1.29, 1.82) is 0 Å². The van der Waals surface area contributed by atoms with Crippen LogP contribution in [0.1, 0.15) is 6.92 Å². The van der Waals surface area contributed by atoms with Crippen molar-refractivity contribution in [2.45, 2.75) is 6.92 Å². The largest absolute Gasteiger partial charge is 0.358 e. The predicted molar refractivity (Wildman–Crippen MR) is 93.8 cm³/mol. The van der Waals surface area contributed by atoms with Crippen molar-refractivity contribution >= 4 is 23.6 Å². The molecule has 0 unspecified atom stereocenters. The third kappa shape index (κ3) is 11.1. The normalized spacial score (nSPS) is 10.5. The molecule has 4 amide bonds. The molecule has 0 atom stereocenters. The van der Waals surface area contributed by atoms with Crippen LogP contribution in [0.4, 0.5) is 0 Å². The Kier molecular flexibility index (Phi) is 12.0. The van der Waals surface area contributed by atoms with Crippen molar-refractivity contribution in [3.05, 3.63) is 0 Å². The molecule has 10 nitrogen and oxygen atoms in total. The van der Waals surface area contributed by atoms with Crippen LogP contribution in [0.2, 0.25) is 0 Å². The van der Waals surface area contributed by atoms with Gasteiger partial charge in [0.15, 0.2) is 0 Å². The zero-order chi connectivity index (χ0) is 19.2. The molecule has 0 saturated carbocycles. The van der Waals surface area contributed by atoms with Gasteiger partial charge in [-0.2, -0.15) is 0 Å². The Labute approximate surface area is 148 Å². The summed E-state index contributed by atoms with van der Waals surface area (Å²) in [4.78, 5) is 49.9. The lowest BCUT2D eigenvalue weighted by atomic mass is 10.3. The average Bonchev–Trinajstić information content (AvgIpc) is 2.58. The predicted octanol–water partition coefficient (Wildman–Crippen LogP) is -3.04. The van der Waals surface area contributed by atoms with E-state index in [4.69, 9.17) is 0 Å². The minimum atomic E-state index is -0.217. The summed E-state index contributed by atoms with van der Waals surface area (Å²) in [5, 5.41) is 10.2. The first-order valence-corrected chi connectivity index (χ1v) is 8.19. The van der Waals surface area contributed by atoms with Gasteiger partial charge in [0.25, 0.3) is 0 Å². The molecule has 0 radical (unpaired) electrons. The highest BCUT2D eigenvalue weighted by atomic mass is 16.2. The van der Waals surface area contributed by atoms with Crippen LogP contribution in [0, 0.1) is 0 Å². The zero-order valence-electron chi connectivity index (χ0n) is 15.5. The van der Waals surface area contributed by atoms with Gasteiger partial charge in [0.05, 0.1) is 26.2 Å². The van der Waals surface area contributed by atoms with Gasteiger partial charge >= 0.3 is 0 Å². The Morgan fingerprint density at radius 3 is 1.24 bits per heavy atom. The Bertz CT molecular complexity index is 439. The first kappa shape index (κ1) is 22.8. The molecule has 0 spiro atoms. The number of nitrogens with zero attached hydrogens (tertiary/aromatic N) is 2. The van der Waals surface area contributed by atoms with Crippen molar-refractivity contribution in [3.8, 4) is 0 Å². The third-order valence-electron chi connectivity index (χ3n) is 3.41. The number of amides is 4. The number of nitrogens with one attached hydrogen (secondary N) is 4. The van der Waals surface area contributed by atoms with Gasteiger partial charge in [-0.3, -0.25) is 29.0 Å². The van der Waals surface area contributed by atoms with E-state index in [0.29, 0.717) is 19.6 Å². The van der Waals surface area contributed by atoms with Crippen molar-refractivity contribution in [1.82, 2.24) is 31.1 Å². The highest BCUT2D eigenvalue weighted by molar-refractivity contribution is 5.81. The Morgan fingerprint density at radius 2 is 0.960 bits per heavy atom. The van der Waals surface area contributed by atoms with Crippen molar-refractivity contribution < 1.29 is 19.2 Å². The molecule has 0 rings (SSSR count). The van der Waals surface area contributed by atoms with Crippen molar-refractivity contribution in [3.63, 3.8) is 0 Å². The zero-order valence-corrected chi connectivity index (χ0v) is 15.5. The maximum atomic E-state index is 11.8. The second-order valence-electron chi connectivity index (χ2n) is 5.39. The van der Waals surface area contributed by atoms with Gasteiger partial charge in [0.1, 0.15) is 0 Å². The minimum absolute atomic E-state index is 0.0545. The molecular formula is C15H30N6O4. The quantitative estimate of drug-likeness (QED) is 0.294. The summed E-state index contributed by atoms with van der Waals surface area (Å²) in [6, 6.07) is 0. The minimum Gasteiger partial charge on any atom is -0.358 e. The van der Waals surface area contributed by atoms with E-state index >= 15 is 0 Å². The first-order chi connectivity index (χ1) is 11.9. The van der Waals surface area contributed by atoms with E-state index in [1.165, 1.54) is 21.1 Å². The number of rotatable bonds is 12. The van der Waals surface area contributed by atoms with Crippen molar-refractivity contribution in [2.24, 2.45) is 0 Å². The van der Waals surface area contributed by atoms with E-state index < -0.39 is 0 Å². The summed E-state index contributed by atoms with van der Waals surface area (Å²) >= 11 is 0. The Hall–Kier alpha value is -2.20. The van der Waals surface area contributed by atoms with E-state index in [9.17, 15) is 19.2 Å². The number of likely N-dealkylation sites (N-methyl/N-ethyl adjacent to an activating group) is 4. The molecule has 10 heteroatoms. The molecule has 0 fully saturated rings. The Morgan fingerprint density at radius 1 is 0.640 bits per heavy atom. The molecule has 0 heterocycles. The standard InChI is InChI=1S/C15H30N6O4/c1-5-19-15(25)11-21(10-14(24)18-4)7-6-20(8-12(22)16-2)9-13(23)17-3/h5-11H2,1-4H3,(H,16,22)(H,17,23)(H,18,24)(H,19,25). The molecule has 0 bridgehead atoms. The third-order valence-corrected chi connectivity index (χ3v) is 3.41. The molecule has 0 aliphatic rings. The molecule has 0 aliphatic heterocycles. The second kappa shape index (κ2) is 13.1. The van der Waals surface area contributed by atoms with Gasteiger partial charge in [0.2, 0.25) is 23.6 Å². The van der Waals surface area contributed by atoms with Crippen LogP contribution in [0.3, 0.4) is 0 Å². The van der Waals surface area contributed by atoms with Gasteiger partial charge in [-0.15, -0.1) is 0 Å². The van der Waals surface area contributed by atoms with E-state index in [2.05, 4.69) is 21.3 Å².